The number of H-pyrrole nitrogens is 1. The number of carbonyl (C=O) groups excluding carboxylic acids is 1. The van der Waals surface area contributed by atoms with Crippen molar-refractivity contribution in [2.24, 2.45) is 7.05 Å². The molecule has 0 radical (unpaired) electrons. The number of likely N-dealkylation sites (N-methyl/N-ethyl adjacent to an activating group) is 1. The molecule has 7 nitrogen and oxygen atoms in total. The first kappa shape index (κ1) is 19.6. The van der Waals surface area contributed by atoms with Crippen LogP contribution < -0.4 is 0 Å². The van der Waals surface area contributed by atoms with Gasteiger partial charge in [-0.15, -0.1) is 0 Å². The number of amides is 1. The van der Waals surface area contributed by atoms with Gasteiger partial charge in [-0.2, -0.15) is 5.10 Å². The van der Waals surface area contributed by atoms with Crippen LogP contribution in [0.25, 0.3) is 10.9 Å². The van der Waals surface area contributed by atoms with Crippen LogP contribution in [0.15, 0.2) is 30.6 Å². The van der Waals surface area contributed by atoms with Gasteiger partial charge in [0.15, 0.2) is 0 Å². The smallest absolute Gasteiger partial charge is 0.271 e. The van der Waals surface area contributed by atoms with Crippen molar-refractivity contribution in [2.45, 2.75) is 19.1 Å². The Labute approximate surface area is 169 Å². The number of aryl methyl sites for hydroxylation is 2. The highest BCUT2D eigenvalue weighted by Crippen LogP contribution is 2.32. The van der Waals surface area contributed by atoms with Crippen LogP contribution in [-0.2, 0) is 11.8 Å². The van der Waals surface area contributed by atoms with Gasteiger partial charge in [0, 0.05) is 42.8 Å². The Balaban J connectivity index is 1.74. The van der Waals surface area contributed by atoms with E-state index in [0.29, 0.717) is 25.4 Å². The van der Waals surface area contributed by atoms with Crippen LogP contribution in [0.5, 0.6) is 0 Å². The summed E-state index contributed by atoms with van der Waals surface area (Å²) in [6.07, 6.45) is 3.54. The fourth-order valence-corrected chi connectivity index (χ4v) is 4.12. The third kappa shape index (κ3) is 3.65. The van der Waals surface area contributed by atoms with Crippen LogP contribution in [0.3, 0.4) is 0 Å². The van der Waals surface area contributed by atoms with Crippen molar-refractivity contribution in [3.8, 4) is 0 Å². The lowest BCUT2D eigenvalue weighted by Gasteiger charge is -2.41. The number of benzene rings is 1. The third-order valence-electron chi connectivity index (χ3n) is 5.46. The maximum absolute atomic E-state index is 13.7. The first-order valence-electron chi connectivity index (χ1n) is 9.69. The topological polar surface area (TPSA) is 66.4 Å². The molecule has 1 saturated heterocycles. The molecule has 154 valence electrons. The minimum atomic E-state index is -0.316. The van der Waals surface area contributed by atoms with Gasteiger partial charge in [-0.1, -0.05) is 0 Å². The second-order valence-electron chi connectivity index (χ2n) is 7.88. The quantitative estimate of drug-likeness (QED) is 0.732. The van der Waals surface area contributed by atoms with Gasteiger partial charge in [-0.25, -0.2) is 4.39 Å². The predicted octanol–water partition coefficient (Wildman–Crippen LogP) is 2.49. The molecule has 3 heterocycles. The summed E-state index contributed by atoms with van der Waals surface area (Å²) in [6, 6.07) is 4.27. The van der Waals surface area contributed by atoms with Crippen molar-refractivity contribution in [3.63, 3.8) is 0 Å². The Kier molecular flexibility index (Phi) is 5.14. The van der Waals surface area contributed by atoms with Gasteiger partial charge >= 0.3 is 0 Å². The van der Waals surface area contributed by atoms with Crippen molar-refractivity contribution < 1.29 is 13.9 Å². The molecule has 3 aromatic rings. The third-order valence-corrected chi connectivity index (χ3v) is 5.46. The largest absolute Gasteiger partial charge is 0.373 e. The van der Waals surface area contributed by atoms with Crippen molar-refractivity contribution >= 4 is 16.8 Å². The molecule has 1 fully saturated rings. The molecule has 0 unspecified atom stereocenters. The Hall–Kier alpha value is -2.71. The predicted molar refractivity (Wildman–Crippen MR) is 108 cm³/mol. The monoisotopic (exact) mass is 399 g/mol. The van der Waals surface area contributed by atoms with Gasteiger partial charge in [0.25, 0.3) is 5.91 Å². The normalized spacial score (nSPS) is 20.0. The molecule has 0 spiro atoms. The lowest BCUT2D eigenvalue weighted by Crippen LogP contribution is -2.51. The number of hydrogen-bond acceptors (Lipinski definition) is 4. The van der Waals surface area contributed by atoms with E-state index in [9.17, 15) is 9.18 Å². The minimum absolute atomic E-state index is 0.111. The maximum Gasteiger partial charge on any atom is 0.271 e. The van der Waals surface area contributed by atoms with Crippen molar-refractivity contribution in [1.82, 2.24) is 24.6 Å². The molecule has 4 rings (SSSR count). The van der Waals surface area contributed by atoms with Gasteiger partial charge in [0.2, 0.25) is 0 Å². The van der Waals surface area contributed by atoms with Crippen molar-refractivity contribution in [2.75, 3.05) is 33.8 Å². The number of carbonyl (C=O) groups is 1. The summed E-state index contributed by atoms with van der Waals surface area (Å²) in [5.74, 6) is -0.427. The van der Waals surface area contributed by atoms with Crippen LogP contribution in [0.4, 0.5) is 4.39 Å². The zero-order valence-electron chi connectivity index (χ0n) is 17.1. The molecular formula is C21H26FN5O2. The van der Waals surface area contributed by atoms with E-state index in [0.717, 1.165) is 22.0 Å². The second-order valence-corrected chi connectivity index (χ2v) is 7.88. The van der Waals surface area contributed by atoms with E-state index in [4.69, 9.17) is 4.74 Å². The van der Waals surface area contributed by atoms with E-state index in [2.05, 4.69) is 15.0 Å². The van der Waals surface area contributed by atoms with Gasteiger partial charge in [0.1, 0.15) is 11.5 Å². The van der Waals surface area contributed by atoms with Crippen molar-refractivity contribution in [3.05, 3.63) is 53.2 Å². The molecule has 1 aliphatic heterocycles. The number of morpholine rings is 1. The van der Waals surface area contributed by atoms with E-state index in [1.807, 2.05) is 39.2 Å². The van der Waals surface area contributed by atoms with E-state index >= 15 is 0 Å². The number of aromatic amines is 1. The zero-order valence-corrected chi connectivity index (χ0v) is 17.1. The van der Waals surface area contributed by atoms with E-state index < -0.39 is 0 Å². The van der Waals surface area contributed by atoms with E-state index in [1.165, 1.54) is 12.1 Å². The fourth-order valence-electron chi connectivity index (χ4n) is 4.12. The van der Waals surface area contributed by atoms with Gasteiger partial charge < -0.3 is 19.5 Å². The van der Waals surface area contributed by atoms with E-state index in [-0.39, 0.29) is 23.9 Å². The number of fused-ring (bicyclic) bond motifs is 1. The van der Waals surface area contributed by atoms with Crippen LogP contribution in [0, 0.1) is 12.7 Å². The van der Waals surface area contributed by atoms with Crippen molar-refractivity contribution in [1.29, 1.82) is 0 Å². The Morgan fingerprint density at radius 1 is 1.41 bits per heavy atom. The van der Waals surface area contributed by atoms with Crippen LogP contribution in [0.2, 0.25) is 0 Å². The molecule has 1 aliphatic rings. The number of aromatic nitrogens is 3. The average molecular weight is 399 g/mol. The molecule has 0 saturated carbocycles. The Bertz CT molecular complexity index is 1040. The number of nitrogens with zero attached hydrogens (tertiary/aromatic N) is 4. The molecule has 1 N–H and O–H groups in total. The summed E-state index contributed by atoms with van der Waals surface area (Å²) in [5.41, 5.74) is 2.94. The summed E-state index contributed by atoms with van der Waals surface area (Å²) in [5, 5.41) is 5.02. The highest BCUT2D eigenvalue weighted by atomic mass is 19.1. The zero-order chi connectivity index (χ0) is 20.7. The molecule has 2 aromatic heterocycles. The maximum atomic E-state index is 13.7. The summed E-state index contributed by atoms with van der Waals surface area (Å²) in [7, 11) is 5.83. The summed E-state index contributed by atoms with van der Waals surface area (Å²) >= 11 is 0. The molecule has 1 amide bonds. The van der Waals surface area contributed by atoms with Crippen LogP contribution >= 0.6 is 0 Å². The minimum Gasteiger partial charge on any atom is -0.373 e. The highest BCUT2D eigenvalue weighted by molar-refractivity contribution is 6.01. The SMILES string of the molecule is Cc1c(C(=O)N2CCO[C@@H](CN(C)C)[C@@H]2c2cnn(C)c2)[nH]c2ccc(F)cc12. The number of hydrogen-bond donors (Lipinski definition) is 1. The molecule has 2 atom stereocenters. The van der Waals surface area contributed by atoms with E-state index in [1.54, 1.807) is 16.9 Å². The Morgan fingerprint density at radius 2 is 2.21 bits per heavy atom. The molecule has 8 heteroatoms. The molecular weight excluding hydrogens is 373 g/mol. The lowest BCUT2D eigenvalue weighted by atomic mass is 9.99. The lowest BCUT2D eigenvalue weighted by molar-refractivity contribution is -0.0686. The highest BCUT2D eigenvalue weighted by Gasteiger charge is 2.38. The molecule has 1 aromatic carbocycles. The number of rotatable bonds is 4. The fraction of sp³-hybridized carbons (Fsp3) is 0.429. The van der Waals surface area contributed by atoms with Gasteiger partial charge in [-0.05, 0) is 44.8 Å². The Morgan fingerprint density at radius 3 is 2.90 bits per heavy atom. The molecule has 0 aliphatic carbocycles. The first-order valence-corrected chi connectivity index (χ1v) is 9.69. The van der Waals surface area contributed by atoms with Gasteiger partial charge in [-0.3, -0.25) is 9.48 Å². The number of ether oxygens (including phenoxy) is 1. The summed E-state index contributed by atoms with van der Waals surface area (Å²) < 4.78 is 21.5. The molecule has 0 bridgehead atoms. The standard InChI is InChI=1S/C21H26FN5O2/c1-13-16-9-15(22)5-6-17(16)24-19(13)21(28)27-7-8-29-18(12-25(2)3)20(27)14-10-23-26(4)11-14/h5-6,9-11,18,20,24H,7-8,12H2,1-4H3/t18-,20-/m0/s1. The molecule has 29 heavy (non-hydrogen) atoms. The second kappa shape index (κ2) is 7.61. The first-order chi connectivity index (χ1) is 13.8. The summed E-state index contributed by atoms with van der Waals surface area (Å²) in [4.78, 5) is 20.7. The van der Waals surface area contributed by atoms with Crippen LogP contribution in [0.1, 0.15) is 27.7 Å². The van der Waals surface area contributed by atoms with Crippen LogP contribution in [-0.4, -0.2) is 70.4 Å². The number of halogens is 1. The number of nitrogens with one attached hydrogen (secondary N) is 1. The summed E-state index contributed by atoms with van der Waals surface area (Å²) in [6.45, 7) is 3.48. The average Bonchev–Trinajstić information content (AvgIpc) is 3.24. The van der Waals surface area contributed by atoms with Gasteiger partial charge in [0.05, 0.1) is 24.9 Å².